The van der Waals surface area contributed by atoms with E-state index < -0.39 is 11.6 Å². The van der Waals surface area contributed by atoms with Crippen molar-refractivity contribution in [2.75, 3.05) is 33.7 Å². The van der Waals surface area contributed by atoms with Crippen LogP contribution < -0.4 is 5.32 Å². The number of carbonyl (C=O) groups excluding carboxylic acids is 1. The summed E-state index contributed by atoms with van der Waals surface area (Å²) in [6.07, 6.45) is 6.37. The van der Waals surface area contributed by atoms with Gasteiger partial charge in [0.1, 0.15) is 11.6 Å². The number of aromatic nitrogens is 2. The number of nitrogens with zero attached hydrogens (tertiary/aromatic N) is 3. The van der Waals surface area contributed by atoms with E-state index in [-0.39, 0.29) is 17.9 Å². The Bertz CT molecular complexity index is 918. The molecule has 0 atom stereocenters. The highest BCUT2D eigenvalue weighted by Crippen LogP contribution is 2.49. The highest BCUT2D eigenvalue weighted by Gasteiger charge is 2.48. The maximum absolute atomic E-state index is 13.5. The van der Waals surface area contributed by atoms with Gasteiger partial charge in [-0.15, -0.1) is 0 Å². The Labute approximate surface area is 188 Å². The number of rotatable bonds is 8. The zero-order chi connectivity index (χ0) is 22.7. The summed E-state index contributed by atoms with van der Waals surface area (Å²) in [6, 6.07) is 3.48. The third-order valence-electron chi connectivity index (χ3n) is 7.16. The lowest BCUT2D eigenvalue weighted by Gasteiger charge is -2.35. The molecule has 32 heavy (non-hydrogen) atoms. The molecule has 0 radical (unpaired) electrons. The number of hydrogen-bond acceptors (Lipinski definition) is 4. The molecule has 2 N–H and O–H groups in total. The molecule has 1 saturated carbocycles. The second kappa shape index (κ2) is 9.67. The highest BCUT2D eigenvalue weighted by atomic mass is 19.1. The lowest BCUT2D eigenvalue weighted by molar-refractivity contribution is -0.138. The van der Waals surface area contributed by atoms with E-state index >= 15 is 0 Å². The molecule has 174 valence electrons. The summed E-state index contributed by atoms with van der Waals surface area (Å²) in [4.78, 5) is 17.3. The number of benzene rings is 1. The van der Waals surface area contributed by atoms with Crippen molar-refractivity contribution < 1.29 is 13.6 Å². The molecule has 2 fully saturated rings. The number of aromatic amines is 1. The van der Waals surface area contributed by atoms with E-state index in [0.717, 1.165) is 63.5 Å². The Balaban J connectivity index is 1.36. The van der Waals surface area contributed by atoms with Gasteiger partial charge in [-0.25, -0.2) is 8.78 Å². The quantitative estimate of drug-likeness (QED) is 0.654. The highest BCUT2D eigenvalue weighted by molar-refractivity contribution is 5.85. The average Bonchev–Trinajstić information content (AvgIpc) is 3.33. The van der Waals surface area contributed by atoms with Crippen LogP contribution in [0.2, 0.25) is 0 Å². The van der Waals surface area contributed by atoms with Gasteiger partial charge >= 0.3 is 0 Å². The molecule has 1 aliphatic heterocycles. The normalized spacial score (nSPS) is 23.6. The fraction of sp³-hybridized carbons (Fsp3) is 0.583. The molecule has 1 amide bonds. The van der Waals surface area contributed by atoms with Gasteiger partial charge in [0.25, 0.3) is 0 Å². The van der Waals surface area contributed by atoms with E-state index in [4.69, 9.17) is 0 Å². The lowest BCUT2D eigenvalue weighted by atomic mass is 9.68. The minimum Gasteiger partial charge on any atom is -0.338 e. The van der Waals surface area contributed by atoms with Gasteiger partial charge in [-0.3, -0.25) is 9.89 Å². The molecule has 1 saturated heterocycles. The van der Waals surface area contributed by atoms with E-state index in [0.29, 0.717) is 18.0 Å². The van der Waals surface area contributed by atoms with Gasteiger partial charge in [0.2, 0.25) is 5.91 Å². The Morgan fingerprint density at radius 3 is 2.62 bits per heavy atom. The van der Waals surface area contributed by atoms with Crippen LogP contribution in [0.15, 0.2) is 24.4 Å². The van der Waals surface area contributed by atoms with Gasteiger partial charge in [-0.2, -0.15) is 5.10 Å². The molecule has 2 heterocycles. The summed E-state index contributed by atoms with van der Waals surface area (Å²) >= 11 is 0. The number of carbonyl (C=O) groups is 1. The first-order chi connectivity index (χ1) is 15.4. The van der Waals surface area contributed by atoms with Gasteiger partial charge in [0, 0.05) is 56.5 Å². The summed E-state index contributed by atoms with van der Waals surface area (Å²) in [5.74, 6) is -0.713. The number of halogens is 2. The number of H-pyrrole nitrogens is 1. The van der Waals surface area contributed by atoms with Crippen molar-refractivity contribution in [3.05, 3.63) is 52.9 Å². The van der Waals surface area contributed by atoms with E-state index in [1.165, 1.54) is 17.7 Å². The molecule has 4 rings (SSSR count). The van der Waals surface area contributed by atoms with Crippen LogP contribution in [0.4, 0.5) is 8.78 Å². The van der Waals surface area contributed by atoms with Crippen LogP contribution in [0.3, 0.4) is 0 Å². The summed E-state index contributed by atoms with van der Waals surface area (Å²) < 4.78 is 27.1. The smallest absolute Gasteiger partial charge is 0.229 e. The fourth-order valence-electron chi connectivity index (χ4n) is 5.35. The van der Waals surface area contributed by atoms with Crippen molar-refractivity contribution in [3.8, 4) is 0 Å². The van der Waals surface area contributed by atoms with Crippen molar-refractivity contribution in [2.45, 2.75) is 51.1 Å². The zero-order valence-corrected chi connectivity index (χ0v) is 19.0. The Morgan fingerprint density at radius 2 is 1.94 bits per heavy atom. The molecule has 1 aromatic heterocycles. The van der Waals surface area contributed by atoms with Crippen LogP contribution in [0.1, 0.15) is 54.8 Å². The van der Waals surface area contributed by atoms with E-state index in [1.54, 1.807) is 4.90 Å². The number of hydrogen-bond donors (Lipinski definition) is 2. The number of nitrogens with one attached hydrogen (secondary N) is 2. The number of likely N-dealkylation sites (tertiary alicyclic amines) is 1. The zero-order valence-electron chi connectivity index (χ0n) is 19.0. The minimum atomic E-state index is -0.603. The van der Waals surface area contributed by atoms with Crippen molar-refractivity contribution in [1.29, 1.82) is 0 Å². The molecule has 0 unspecified atom stereocenters. The first kappa shape index (κ1) is 22.9. The van der Waals surface area contributed by atoms with Gasteiger partial charge in [0.05, 0.1) is 11.1 Å². The molecule has 2 aromatic rings. The maximum Gasteiger partial charge on any atom is 0.229 e. The lowest BCUT2D eigenvalue weighted by Crippen LogP contribution is -2.37. The summed E-state index contributed by atoms with van der Waals surface area (Å²) in [5, 5.41) is 10.8. The molecular formula is C24H33F2N5O. The molecule has 1 aliphatic carbocycles. The average molecular weight is 446 g/mol. The van der Waals surface area contributed by atoms with Crippen LogP contribution >= 0.6 is 0 Å². The molecule has 1 aromatic carbocycles. The molecule has 2 aliphatic rings. The predicted molar refractivity (Wildman–Crippen MR) is 119 cm³/mol. The summed E-state index contributed by atoms with van der Waals surface area (Å²) in [7, 11) is 4.07. The monoisotopic (exact) mass is 445 g/mol. The molecular weight excluding hydrogens is 412 g/mol. The first-order valence-electron chi connectivity index (χ1n) is 11.5. The van der Waals surface area contributed by atoms with Crippen LogP contribution in [0.5, 0.6) is 0 Å². The Hall–Kier alpha value is -2.32. The third kappa shape index (κ3) is 4.86. The molecule has 1 spiro atoms. The van der Waals surface area contributed by atoms with Crippen molar-refractivity contribution >= 4 is 5.91 Å². The topological polar surface area (TPSA) is 64.3 Å². The number of amides is 1. The van der Waals surface area contributed by atoms with Gasteiger partial charge in [-0.1, -0.05) is 0 Å². The molecule has 6 nitrogen and oxygen atoms in total. The Morgan fingerprint density at radius 1 is 1.22 bits per heavy atom. The van der Waals surface area contributed by atoms with Gasteiger partial charge in [-0.05, 0) is 63.9 Å². The van der Waals surface area contributed by atoms with E-state index in [9.17, 15) is 13.6 Å². The fourth-order valence-corrected chi connectivity index (χ4v) is 5.35. The van der Waals surface area contributed by atoms with E-state index in [2.05, 4.69) is 27.5 Å². The van der Waals surface area contributed by atoms with Crippen molar-refractivity contribution in [3.63, 3.8) is 0 Å². The van der Waals surface area contributed by atoms with Crippen LogP contribution in [-0.2, 0) is 17.9 Å². The standard InChI is InChI=1S/C24H33F2N5O/c1-27-8-10-30(2)16-19-14-28-29-22(19)18-3-5-24(6-4-18)7-9-31(23(24)32)15-17-11-20(25)13-21(26)12-17/h11-14,18,27H,3-10,15-16H2,1-2H3,(H,28,29). The SMILES string of the molecule is CNCCN(C)Cc1c[nH]nc1C1CCC2(CC1)CCN(Cc1cc(F)cc(F)c1)C2=O. The van der Waals surface area contributed by atoms with Crippen LogP contribution in [-0.4, -0.2) is 59.6 Å². The van der Waals surface area contributed by atoms with Crippen molar-refractivity contribution in [2.24, 2.45) is 5.41 Å². The maximum atomic E-state index is 13.5. The largest absolute Gasteiger partial charge is 0.338 e. The molecule has 0 bridgehead atoms. The van der Waals surface area contributed by atoms with Crippen molar-refractivity contribution in [1.82, 2.24) is 25.3 Å². The predicted octanol–water partition coefficient (Wildman–Crippen LogP) is 3.42. The minimum absolute atomic E-state index is 0.134. The first-order valence-corrected chi connectivity index (χ1v) is 11.5. The van der Waals surface area contributed by atoms with Crippen LogP contribution in [0, 0.1) is 17.0 Å². The van der Waals surface area contributed by atoms with Crippen LogP contribution in [0.25, 0.3) is 0 Å². The van der Waals surface area contributed by atoms with Gasteiger partial charge in [0.15, 0.2) is 0 Å². The second-order valence-electron chi connectivity index (χ2n) is 9.45. The second-order valence-corrected chi connectivity index (χ2v) is 9.45. The molecule has 8 heteroatoms. The van der Waals surface area contributed by atoms with E-state index in [1.807, 2.05) is 13.2 Å². The number of likely N-dealkylation sites (N-methyl/N-ethyl adjacent to an activating group) is 2. The van der Waals surface area contributed by atoms with Gasteiger partial charge < -0.3 is 15.1 Å². The summed E-state index contributed by atoms with van der Waals surface area (Å²) in [5.41, 5.74) is 2.54. The third-order valence-corrected chi connectivity index (χ3v) is 7.16. The summed E-state index contributed by atoms with van der Waals surface area (Å²) in [6.45, 7) is 3.67. The Kier molecular flexibility index (Phi) is 6.90.